The minimum atomic E-state index is -1.56. The lowest BCUT2D eigenvalue weighted by Gasteiger charge is -2.22. The normalized spacial score (nSPS) is 18.5. The highest BCUT2D eigenvalue weighted by Crippen LogP contribution is 2.39. The zero-order chi connectivity index (χ0) is 18.9. The molecule has 3 aromatic rings. The van der Waals surface area contributed by atoms with Gasteiger partial charge in [-0.3, -0.25) is 4.79 Å². The van der Waals surface area contributed by atoms with E-state index in [0.717, 1.165) is 16.3 Å². The minimum absolute atomic E-state index is 0.200. The number of hydrogen-bond acceptors (Lipinski definition) is 4. The number of ketones is 1. The van der Waals surface area contributed by atoms with E-state index in [1.807, 2.05) is 60.7 Å². The van der Waals surface area contributed by atoms with Gasteiger partial charge in [0, 0.05) is 10.9 Å². The van der Waals surface area contributed by atoms with Crippen molar-refractivity contribution in [1.82, 2.24) is 0 Å². The van der Waals surface area contributed by atoms with Gasteiger partial charge in [0.2, 0.25) is 11.3 Å². The van der Waals surface area contributed by atoms with Gasteiger partial charge in [-0.15, -0.1) is 0 Å². The summed E-state index contributed by atoms with van der Waals surface area (Å²) in [6.07, 6.45) is 3.38. The average molecular weight is 357 g/mol. The molecule has 0 amide bonds. The summed E-state index contributed by atoms with van der Waals surface area (Å²) in [5, 5.41) is 5.09. The average Bonchev–Trinajstić information content (AvgIpc) is 3.01. The molecule has 1 aliphatic heterocycles. The number of rotatable bonds is 4. The highest BCUT2D eigenvalue weighted by atomic mass is 16.5. The molecule has 0 fully saturated rings. The largest absolute Gasteiger partial charge is 0.464 e. The number of ether oxygens (including phenoxy) is 1. The van der Waals surface area contributed by atoms with E-state index in [1.54, 1.807) is 25.1 Å². The molecule has 0 bridgehead atoms. The van der Waals surface area contributed by atoms with Crippen molar-refractivity contribution in [2.45, 2.75) is 12.5 Å². The third-order valence-electron chi connectivity index (χ3n) is 4.78. The summed E-state index contributed by atoms with van der Waals surface area (Å²) >= 11 is 0. The minimum Gasteiger partial charge on any atom is -0.464 e. The molecule has 4 nitrogen and oxygen atoms in total. The number of esters is 1. The zero-order valence-electron chi connectivity index (χ0n) is 14.9. The Morgan fingerprint density at radius 2 is 1.78 bits per heavy atom. The van der Waals surface area contributed by atoms with Crippen LogP contribution in [0.15, 0.2) is 72.8 Å². The van der Waals surface area contributed by atoms with Crippen LogP contribution in [0, 0.1) is 0 Å². The van der Waals surface area contributed by atoms with Crippen LogP contribution in [0.25, 0.3) is 16.8 Å². The van der Waals surface area contributed by atoms with Gasteiger partial charge in [-0.25, -0.2) is 4.79 Å². The van der Waals surface area contributed by atoms with Crippen LogP contribution in [0.3, 0.4) is 0 Å². The van der Waals surface area contributed by atoms with Gasteiger partial charge in [0.1, 0.15) is 0 Å². The molecule has 0 saturated carbocycles. The SMILES string of the molecule is CCOC(=O)[C@]1(/C=C/c2ccccc2)Nc2c(ccc3ccccc23)C1=O. The predicted octanol–water partition coefficient (Wildman–Crippen LogP) is 4.46. The summed E-state index contributed by atoms with van der Waals surface area (Å²) in [5.41, 5.74) is 0.512. The summed E-state index contributed by atoms with van der Waals surface area (Å²) in [4.78, 5) is 26.1. The van der Waals surface area contributed by atoms with Crippen molar-refractivity contribution < 1.29 is 14.3 Å². The summed E-state index contributed by atoms with van der Waals surface area (Å²) in [6.45, 7) is 1.93. The first kappa shape index (κ1) is 17.0. The molecule has 0 unspecified atom stereocenters. The molecular formula is C23H19NO3. The van der Waals surface area contributed by atoms with Crippen molar-refractivity contribution in [2.75, 3.05) is 11.9 Å². The van der Waals surface area contributed by atoms with E-state index < -0.39 is 11.5 Å². The molecular weight excluding hydrogens is 338 g/mol. The van der Waals surface area contributed by atoms with Gasteiger partial charge < -0.3 is 10.1 Å². The molecule has 1 heterocycles. The summed E-state index contributed by atoms with van der Waals surface area (Å²) < 4.78 is 5.26. The van der Waals surface area contributed by atoms with E-state index in [2.05, 4.69) is 5.32 Å². The Morgan fingerprint density at radius 1 is 1.04 bits per heavy atom. The number of Topliss-reactive ketones (excluding diaryl/α,β-unsaturated/α-hetero) is 1. The topological polar surface area (TPSA) is 55.4 Å². The first-order chi connectivity index (χ1) is 13.2. The number of fused-ring (bicyclic) bond motifs is 3. The second-order valence-electron chi connectivity index (χ2n) is 6.44. The standard InChI is InChI=1S/C23H19NO3/c1-2-27-22(26)23(15-14-16-8-4-3-5-9-16)21(25)19-13-12-17-10-6-7-11-18(17)20(19)24-23/h3-15,24H,2H2,1H3/b15-14+/t23-/m1/s1. The monoisotopic (exact) mass is 357 g/mol. The maximum Gasteiger partial charge on any atom is 0.344 e. The Labute approximate surface area is 157 Å². The van der Waals surface area contributed by atoms with E-state index >= 15 is 0 Å². The summed E-state index contributed by atoms with van der Waals surface area (Å²) in [6, 6.07) is 21.0. The zero-order valence-corrected chi connectivity index (χ0v) is 14.9. The van der Waals surface area contributed by atoms with Crippen LogP contribution in [0.1, 0.15) is 22.8 Å². The second kappa shape index (κ2) is 6.72. The van der Waals surface area contributed by atoms with Gasteiger partial charge in [0.05, 0.1) is 12.3 Å². The Balaban J connectivity index is 1.84. The fourth-order valence-electron chi connectivity index (χ4n) is 3.42. The van der Waals surface area contributed by atoms with Crippen LogP contribution in [-0.2, 0) is 9.53 Å². The third-order valence-corrected chi connectivity index (χ3v) is 4.78. The van der Waals surface area contributed by atoms with Crippen molar-refractivity contribution in [3.8, 4) is 0 Å². The van der Waals surface area contributed by atoms with E-state index in [-0.39, 0.29) is 12.4 Å². The number of hydrogen-bond donors (Lipinski definition) is 1. The Hall–Kier alpha value is -3.40. The fraction of sp³-hybridized carbons (Fsp3) is 0.130. The van der Waals surface area contributed by atoms with Gasteiger partial charge >= 0.3 is 5.97 Å². The van der Waals surface area contributed by atoms with Crippen molar-refractivity contribution in [3.05, 3.63) is 83.9 Å². The van der Waals surface area contributed by atoms with Gasteiger partial charge in [-0.05, 0) is 30.0 Å². The van der Waals surface area contributed by atoms with Crippen LogP contribution < -0.4 is 5.32 Å². The van der Waals surface area contributed by atoms with Crippen LogP contribution in [0.5, 0.6) is 0 Å². The molecule has 1 aliphatic rings. The maximum absolute atomic E-state index is 13.3. The van der Waals surface area contributed by atoms with Crippen molar-refractivity contribution in [1.29, 1.82) is 0 Å². The lowest BCUT2D eigenvalue weighted by molar-refractivity contribution is -0.145. The van der Waals surface area contributed by atoms with Crippen LogP contribution >= 0.6 is 0 Å². The second-order valence-corrected chi connectivity index (χ2v) is 6.44. The molecule has 0 radical (unpaired) electrons. The lowest BCUT2D eigenvalue weighted by atomic mass is 9.92. The summed E-state index contributed by atoms with van der Waals surface area (Å²) in [5.74, 6) is -0.892. The first-order valence-electron chi connectivity index (χ1n) is 8.92. The highest BCUT2D eigenvalue weighted by molar-refractivity contribution is 6.29. The Kier molecular flexibility index (Phi) is 4.24. The molecule has 0 aliphatic carbocycles. The van der Waals surface area contributed by atoms with Gasteiger partial charge in [0.25, 0.3) is 0 Å². The Bertz CT molecular complexity index is 1060. The quantitative estimate of drug-likeness (QED) is 0.553. The van der Waals surface area contributed by atoms with Gasteiger partial charge in [-0.2, -0.15) is 0 Å². The predicted molar refractivity (Wildman–Crippen MR) is 107 cm³/mol. The lowest BCUT2D eigenvalue weighted by Crippen LogP contribution is -2.48. The van der Waals surface area contributed by atoms with Crippen LogP contribution in [0.4, 0.5) is 5.69 Å². The maximum atomic E-state index is 13.3. The summed E-state index contributed by atoms with van der Waals surface area (Å²) in [7, 11) is 0. The molecule has 4 heteroatoms. The molecule has 0 saturated heterocycles. The molecule has 1 N–H and O–H groups in total. The third kappa shape index (κ3) is 2.79. The number of benzene rings is 3. The van der Waals surface area contributed by atoms with Crippen LogP contribution in [0.2, 0.25) is 0 Å². The van der Waals surface area contributed by atoms with E-state index in [0.29, 0.717) is 11.3 Å². The van der Waals surface area contributed by atoms with Crippen molar-refractivity contribution in [3.63, 3.8) is 0 Å². The van der Waals surface area contributed by atoms with E-state index in [9.17, 15) is 9.59 Å². The van der Waals surface area contributed by atoms with E-state index in [1.165, 1.54) is 0 Å². The molecule has 27 heavy (non-hydrogen) atoms. The molecule has 0 aromatic heterocycles. The Morgan fingerprint density at radius 3 is 2.56 bits per heavy atom. The van der Waals surface area contributed by atoms with Crippen LogP contribution in [-0.4, -0.2) is 23.9 Å². The first-order valence-corrected chi connectivity index (χ1v) is 8.92. The number of nitrogens with one attached hydrogen (secondary N) is 1. The highest BCUT2D eigenvalue weighted by Gasteiger charge is 2.51. The van der Waals surface area contributed by atoms with Gasteiger partial charge in [-0.1, -0.05) is 66.7 Å². The number of anilines is 1. The number of carbonyl (C=O) groups excluding carboxylic acids is 2. The fourth-order valence-corrected chi connectivity index (χ4v) is 3.42. The molecule has 1 atom stereocenters. The molecule has 0 spiro atoms. The van der Waals surface area contributed by atoms with Crippen molar-refractivity contribution >= 4 is 34.3 Å². The smallest absolute Gasteiger partial charge is 0.344 e. The molecule has 3 aromatic carbocycles. The van der Waals surface area contributed by atoms with E-state index in [4.69, 9.17) is 4.74 Å². The number of carbonyl (C=O) groups is 2. The molecule has 134 valence electrons. The van der Waals surface area contributed by atoms with Gasteiger partial charge in [0.15, 0.2) is 0 Å². The molecule has 4 rings (SSSR count). The van der Waals surface area contributed by atoms with Crippen molar-refractivity contribution in [2.24, 2.45) is 0 Å².